The smallest absolute Gasteiger partial charge is 0.321 e. The lowest BCUT2D eigenvalue weighted by molar-refractivity contribution is -0.124. The number of ether oxygens (including phenoxy) is 1. The number of carbonyl (C=O) groups is 2. The van der Waals surface area contributed by atoms with Crippen molar-refractivity contribution in [1.29, 1.82) is 0 Å². The van der Waals surface area contributed by atoms with E-state index in [2.05, 4.69) is 15.0 Å². The van der Waals surface area contributed by atoms with Crippen molar-refractivity contribution in [3.05, 3.63) is 23.8 Å². The van der Waals surface area contributed by atoms with Crippen molar-refractivity contribution in [2.75, 3.05) is 14.2 Å². The summed E-state index contributed by atoms with van der Waals surface area (Å²) in [6, 6.07) is 3.92. The first-order valence-corrected chi connectivity index (χ1v) is 7.28. The van der Waals surface area contributed by atoms with Gasteiger partial charge in [0.1, 0.15) is 11.4 Å². The molecule has 9 heteroatoms. The molecule has 0 fully saturated rings. The second-order valence-electron chi connectivity index (χ2n) is 4.85. The number of imide groups is 1. The number of nitrogens with zero attached hydrogens (tertiary/aromatic N) is 1. The highest BCUT2D eigenvalue weighted by atomic mass is 32.2. The minimum atomic E-state index is -2.65. The molecule has 0 saturated carbocycles. The second-order valence-corrected chi connectivity index (χ2v) is 5.47. The monoisotopic (exact) mass is 327 g/mol. The fourth-order valence-electron chi connectivity index (χ4n) is 1.68. The van der Waals surface area contributed by atoms with Crippen molar-refractivity contribution < 1.29 is 22.7 Å². The molecule has 0 aliphatic heterocycles. The van der Waals surface area contributed by atoms with Crippen LogP contribution in [0.3, 0.4) is 0 Å². The van der Waals surface area contributed by atoms with Gasteiger partial charge in [0.05, 0.1) is 12.5 Å². The molecular formula is C13H17N3O5S. The highest BCUT2D eigenvalue weighted by molar-refractivity contribution is 7.61. The summed E-state index contributed by atoms with van der Waals surface area (Å²) in [6.07, 6.45) is 0. The normalized spacial score (nSPS) is 10.5. The zero-order valence-corrected chi connectivity index (χ0v) is 13.4. The molecule has 0 spiro atoms. The molecular weight excluding hydrogens is 310 g/mol. The Balaban J connectivity index is 3.28. The van der Waals surface area contributed by atoms with E-state index in [0.29, 0.717) is 5.56 Å². The first-order chi connectivity index (χ1) is 10.2. The molecule has 0 bridgehead atoms. The summed E-state index contributed by atoms with van der Waals surface area (Å²) < 4.78 is 30.0. The number of hydrogen-bond donors (Lipinski definition) is 2. The van der Waals surface area contributed by atoms with Crippen LogP contribution in [0.1, 0.15) is 19.4 Å². The minimum absolute atomic E-state index is 0.0779. The first-order valence-electron chi connectivity index (χ1n) is 6.25. The SMILES string of the molecule is CNC(=O)NC(=O)C(C)(C)c1ccc(OC)c(N=S(=O)=O)c1. The fourth-order valence-corrected chi connectivity index (χ4v) is 1.99. The average molecular weight is 327 g/mol. The number of hydrogen-bond acceptors (Lipinski definition) is 6. The lowest BCUT2D eigenvalue weighted by atomic mass is 9.83. The van der Waals surface area contributed by atoms with Crippen molar-refractivity contribution in [2.45, 2.75) is 19.3 Å². The zero-order chi connectivity index (χ0) is 16.9. The van der Waals surface area contributed by atoms with Crippen molar-refractivity contribution in [2.24, 2.45) is 4.36 Å². The molecule has 120 valence electrons. The van der Waals surface area contributed by atoms with Gasteiger partial charge in [0.2, 0.25) is 5.91 Å². The van der Waals surface area contributed by atoms with Gasteiger partial charge in [-0.3, -0.25) is 10.1 Å². The van der Waals surface area contributed by atoms with Gasteiger partial charge in [-0.05, 0) is 31.5 Å². The molecule has 2 N–H and O–H groups in total. The number of carbonyl (C=O) groups excluding carboxylic acids is 2. The van der Waals surface area contributed by atoms with E-state index in [-0.39, 0.29) is 11.4 Å². The Hall–Kier alpha value is -2.42. The Morgan fingerprint density at radius 1 is 1.27 bits per heavy atom. The molecule has 8 nitrogen and oxygen atoms in total. The summed E-state index contributed by atoms with van der Waals surface area (Å²) in [5.74, 6) is -0.276. The van der Waals surface area contributed by atoms with Gasteiger partial charge in [-0.25, -0.2) is 4.79 Å². The summed E-state index contributed by atoms with van der Waals surface area (Å²) >= 11 is 0. The van der Waals surface area contributed by atoms with Crippen LogP contribution in [-0.2, 0) is 20.7 Å². The number of benzene rings is 1. The quantitative estimate of drug-likeness (QED) is 0.860. The predicted octanol–water partition coefficient (Wildman–Crippen LogP) is 1.12. The maximum absolute atomic E-state index is 12.2. The molecule has 0 aromatic heterocycles. The van der Waals surface area contributed by atoms with Crippen molar-refractivity contribution in [1.82, 2.24) is 10.6 Å². The van der Waals surface area contributed by atoms with E-state index < -0.39 is 27.9 Å². The third kappa shape index (κ3) is 4.04. The van der Waals surface area contributed by atoms with Crippen LogP contribution in [0.15, 0.2) is 22.6 Å². The van der Waals surface area contributed by atoms with Crippen LogP contribution in [0, 0.1) is 0 Å². The van der Waals surface area contributed by atoms with Crippen LogP contribution in [0.5, 0.6) is 5.75 Å². The summed E-state index contributed by atoms with van der Waals surface area (Å²) in [4.78, 5) is 23.4. The minimum Gasteiger partial charge on any atom is -0.494 e. The van der Waals surface area contributed by atoms with Gasteiger partial charge in [0.25, 0.3) is 0 Å². The Bertz CT molecular complexity index is 717. The predicted molar refractivity (Wildman–Crippen MR) is 79.6 cm³/mol. The molecule has 0 atom stereocenters. The van der Waals surface area contributed by atoms with Crippen LogP contribution in [0.2, 0.25) is 0 Å². The number of methoxy groups -OCH3 is 1. The lowest BCUT2D eigenvalue weighted by Crippen LogP contribution is -2.46. The lowest BCUT2D eigenvalue weighted by Gasteiger charge is -2.24. The molecule has 0 saturated heterocycles. The Morgan fingerprint density at radius 2 is 1.91 bits per heavy atom. The molecule has 0 aliphatic rings. The third-order valence-corrected chi connectivity index (χ3v) is 3.44. The van der Waals surface area contributed by atoms with Crippen molar-refractivity contribution in [3.63, 3.8) is 0 Å². The van der Waals surface area contributed by atoms with E-state index in [1.165, 1.54) is 26.3 Å². The largest absolute Gasteiger partial charge is 0.494 e. The van der Waals surface area contributed by atoms with Gasteiger partial charge in [-0.2, -0.15) is 8.42 Å². The highest BCUT2D eigenvalue weighted by Gasteiger charge is 2.31. The number of amides is 3. The van der Waals surface area contributed by atoms with Crippen LogP contribution < -0.4 is 15.4 Å². The van der Waals surface area contributed by atoms with Crippen molar-refractivity contribution >= 4 is 28.1 Å². The summed E-state index contributed by atoms with van der Waals surface area (Å²) in [5.41, 5.74) is -0.513. The first kappa shape index (κ1) is 17.6. The number of nitrogens with one attached hydrogen (secondary N) is 2. The van der Waals surface area contributed by atoms with E-state index in [0.717, 1.165) is 0 Å². The summed E-state index contributed by atoms with van der Waals surface area (Å²) in [5, 5.41) is 4.47. The van der Waals surface area contributed by atoms with Gasteiger partial charge in [-0.1, -0.05) is 6.07 Å². The van der Waals surface area contributed by atoms with Crippen LogP contribution in [-0.4, -0.2) is 34.5 Å². The van der Waals surface area contributed by atoms with Gasteiger partial charge in [0.15, 0.2) is 0 Å². The van der Waals surface area contributed by atoms with Crippen LogP contribution in [0.4, 0.5) is 10.5 Å². The van der Waals surface area contributed by atoms with E-state index in [1.807, 2.05) is 0 Å². The molecule has 1 rings (SSSR count). The molecule has 1 aromatic carbocycles. The number of urea groups is 1. The zero-order valence-electron chi connectivity index (χ0n) is 12.6. The van der Waals surface area contributed by atoms with Gasteiger partial charge in [-0.15, -0.1) is 4.36 Å². The summed E-state index contributed by atoms with van der Waals surface area (Å²) in [7, 11) is 0.118. The second kappa shape index (κ2) is 7.03. The standard InChI is InChI=1S/C13H17N3O5S/c1-13(2,11(17)15-12(18)14-3)8-5-6-10(21-4)9(7-8)16-22(19)20/h5-7H,1-4H3,(H2,14,15,17,18). The van der Waals surface area contributed by atoms with E-state index in [4.69, 9.17) is 4.74 Å². The molecule has 0 heterocycles. The van der Waals surface area contributed by atoms with Gasteiger partial charge >= 0.3 is 16.5 Å². The number of rotatable bonds is 4. The fraction of sp³-hybridized carbons (Fsp3) is 0.385. The average Bonchev–Trinajstić information content (AvgIpc) is 2.46. The summed E-state index contributed by atoms with van der Waals surface area (Å²) in [6.45, 7) is 3.20. The molecule has 0 radical (unpaired) electrons. The van der Waals surface area contributed by atoms with Gasteiger partial charge in [0, 0.05) is 7.05 Å². The van der Waals surface area contributed by atoms with Gasteiger partial charge < -0.3 is 10.1 Å². The maximum Gasteiger partial charge on any atom is 0.321 e. The molecule has 3 amide bonds. The van der Waals surface area contributed by atoms with E-state index in [9.17, 15) is 18.0 Å². The maximum atomic E-state index is 12.2. The third-order valence-electron chi connectivity index (χ3n) is 3.10. The molecule has 0 aliphatic carbocycles. The van der Waals surface area contributed by atoms with Crippen LogP contribution >= 0.6 is 0 Å². The highest BCUT2D eigenvalue weighted by Crippen LogP contribution is 2.33. The van der Waals surface area contributed by atoms with E-state index >= 15 is 0 Å². The Morgan fingerprint density at radius 3 is 2.41 bits per heavy atom. The Labute approximate surface area is 129 Å². The molecule has 22 heavy (non-hydrogen) atoms. The Kier molecular flexibility index (Phi) is 5.63. The van der Waals surface area contributed by atoms with E-state index in [1.54, 1.807) is 19.9 Å². The topological polar surface area (TPSA) is 114 Å². The van der Waals surface area contributed by atoms with Crippen molar-refractivity contribution in [3.8, 4) is 5.75 Å². The molecule has 1 aromatic rings. The molecule has 0 unspecified atom stereocenters. The van der Waals surface area contributed by atoms with Crippen LogP contribution in [0.25, 0.3) is 0 Å².